The summed E-state index contributed by atoms with van der Waals surface area (Å²) in [6.45, 7) is 8.53. The first kappa shape index (κ1) is 25.1. The predicted molar refractivity (Wildman–Crippen MR) is 144 cm³/mol. The minimum Gasteiger partial charge on any atom is -0.385 e. The summed E-state index contributed by atoms with van der Waals surface area (Å²) in [7, 11) is -3.27. The molecule has 34 heavy (non-hydrogen) atoms. The molecule has 2 aromatic carbocycles. The van der Waals surface area contributed by atoms with Crippen molar-refractivity contribution in [3.05, 3.63) is 48.5 Å². The van der Waals surface area contributed by atoms with E-state index in [1.165, 1.54) is 49.2 Å². The molecule has 4 rings (SSSR count). The van der Waals surface area contributed by atoms with Crippen molar-refractivity contribution in [2.24, 2.45) is 5.92 Å². The molecule has 0 unspecified atom stereocenters. The highest BCUT2D eigenvalue weighted by Gasteiger charge is 2.32. The van der Waals surface area contributed by atoms with Crippen LogP contribution in [0.25, 0.3) is 11.1 Å². The molecule has 1 saturated carbocycles. The molecule has 0 aromatic heterocycles. The van der Waals surface area contributed by atoms with E-state index in [1.54, 1.807) is 20.8 Å². The number of benzene rings is 2. The third-order valence-corrected chi connectivity index (χ3v) is 9.63. The van der Waals surface area contributed by atoms with E-state index in [0.29, 0.717) is 5.92 Å². The average molecular weight is 484 g/mol. The number of sulfonamides is 1. The second-order valence-electron chi connectivity index (χ2n) is 11.0. The zero-order valence-electron chi connectivity index (χ0n) is 21.0. The first-order valence-corrected chi connectivity index (χ1v) is 14.4. The highest BCUT2D eigenvalue weighted by molar-refractivity contribution is 7.90. The van der Waals surface area contributed by atoms with Crippen molar-refractivity contribution in [2.45, 2.75) is 76.5 Å². The van der Waals surface area contributed by atoms with Crippen molar-refractivity contribution in [1.29, 1.82) is 0 Å². The number of nitrogens with one attached hydrogen (secondary N) is 2. The van der Waals surface area contributed by atoms with Crippen LogP contribution in [0.1, 0.15) is 65.7 Å². The van der Waals surface area contributed by atoms with E-state index in [0.717, 1.165) is 37.9 Å². The van der Waals surface area contributed by atoms with E-state index in [4.69, 9.17) is 0 Å². The Kier molecular flexibility index (Phi) is 7.88. The molecule has 2 aliphatic rings. The molecule has 6 heteroatoms. The maximum atomic E-state index is 12.4. The molecule has 0 amide bonds. The summed E-state index contributed by atoms with van der Waals surface area (Å²) in [6, 6.07) is 17.8. The van der Waals surface area contributed by atoms with Crippen molar-refractivity contribution in [3.63, 3.8) is 0 Å². The van der Waals surface area contributed by atoms with Crippen LogP contribution in [0.4, 0.5) is 11.4 Å². The van der Waals surface area contributed by atoms with Gasteiger partial charge in [-0.15, -0.1) is 0 Å². The van der Waals surface area contributed by atoms with E-state index in [1.807, 2.05) is 0 Å². The lowest BCUT2D eigenvalue weighted by molar-refractivity contribution is 0.322. The summed E-state index contributed by atoms with van der Waals surface area (Å²) < 4.78 is 27.0. The van der Waals surface area contributed by atoms with Crippen LogP contribution in [0.15, 0.2) is 48.5 Å². The summed E-state index contributed by atoms with van der Waals surface area (Å²) in [6.07, 6.45) is 7.87. The maximum Gasteiger partial charge on any atom is 0.216 e. The molecule has 0 atom stereocenters. The van der Waals surface area contributed by atoms with Gasteiger partial charge in [0.1, 0.15) is 0 Å². The predicted octanol–water partition coefficient (Wildman–Crippen LogP) is 6.03. The molecule has 2 N–H and O–H groups in total. The lowest BCUT2D eigenvalue weighted by atomic mass is 9.86. The lowest BCUT2D eigenvalue weighted by Gasteiger charge is -2.31. The molecule has 1 saturated heterocycles. The Bertz CT molecular complexity index is 1010. The maximum absolute atomic E-state index is 12.4. The summed E-state index contributed by atoms with van der Waals surface area (Å²) in [5.41, 5.74) is 4.97. The molecule has 1 heterocycles. The fourth-order valence-corrected chi connectivity index (χ4v) is 5.97. The Balaban J connectivity index is 1.24. The van der Waals surface area contributed by atoms with Crippen LogP contribution in [-0.2, 0) is 10.0 Å². The highest BCUT2D eigenvalue weighted by Crippen LogP contribution is 2.28. The third kappa shape index (κ3) is 6.33. The minimum atomic E-state index is -3.27. The van der Waals surface area contributed by atoms with Gasteiger partial charge in [-0.3, -0.25) is 0 Å². The van der Waals surface area contributed by atoms with Crippen LogP contribution >= 0.6 is 0 Å². The molecule has 0 radical (unpaired) electrons. The van der Waals surface area contributed by atoms with Gasteiger partial charge in [-0.05, 0) is 107 Å². The van der Waals surface area contributed by atoms with Crippen molar-refractivity contribution >= 4 is 21.4 Å². The van der Waals surface area contributed by atoms with E-state index in [2.05, 4.69) is 63.5 Å². The van der Waals surface area contributed by atoms with Crippen LogP contribution in [-0.4, -0.2) is 38.8 Å². The molecule has 1 aliphatic heterocycles. The molecule has 2 fully saturated rings. The summed E-state index contributed by atoms with van der Waals surface area (Å²) in [5, 5.41) is 3.59. The Morgan fingerprint density at radius 3 is 1.94 bits per heavy atom. The Morgan fingerprint density at radius 1 is 0.824 bits per heavy atom. The summed E-state index contributed by atoms with van der Waals surface area (Å²) in [4.78, 5) is 2.49. The number of hydrogen-bond donors (Lipinski definition) is 2. The quantitative estimate of drug-likeness (QED) is 0.505. The van der Waals surface area contributed by atoms with Crippen LogP contribution in [0.2, 0.25) is 0 Å². The molecule has 0 bridgehead atoms. The van der Waals surface area contributed by atoms with E-state index >= 15 is 0 Å². The summed E-state index contributed by atoms with van der Waals surface area (Å²) >= 11 is 0. The molecule has 186 valence electrons. The average Bonchev–Trinajstić information content (AvgIpc) is 2.84. The number of anilines is 2. The Labute approximate surface area is 206 Å². The first-order chi connectivity index (χ1) is 16.2. The van der Waals surface area contributed by atoms with Gasteiger partial charge >= 0.3 is 0 Å². The highest BCUT2D eigenvalue weighted by atomic mass is 32.2. The van der Waals surface area contributed by atoms with Crippen LogP contribution in [0.5, 0.6) is 0 Å². The summed E-state index contributed by atoms with van der Waals surface area (Å²) in [5.74, 6) is 0.581. The van der Waals surface area contributed by atoms with E-state index < -0.39 is 14.8 Å². The molecule has 0 spiro atoms. The van der Waals surface area contributed by atoms with Crippen molar-refractivity contribution in [1.82, 2.24) is 4.72 Å². The second-order valence-corrected chi connectivity index (χ2v) is 13.5. The zero-order chi connectivity index (χ0) is 24.2. The number of hydrogen-bond acceptors (Lipinski definition) is 4. The standard InChI is InChI=1S/C28H41N3O2S/c1-28(2,3)34(32,33)30-26-13-7-22(8-14-26)21-29-25-15-9-23(10-16-25)24-11-17-27(18-12-24)31-19-5-4-6-20-31/h9-12,15-18,22,26,29-30H,4-8,13-14,19-21H2,1-3H3/t22-,26-. The van der Waals surface area contributed by atoms with Crippen LogP contribution in [0.3, 0.4) is 0 Å². The SMILES string of the molecule is CC(C)(C)S(=O)(=O)N[C@H]1CC[C@H](CNc2ccc(-c3ccc(N4CCCCC4)cc3)cc2)CC1. The van der Waals surface area contributed by atoms with E-state index in [-0.39, 0.29) is 6.04 Å². The largest absolute Gasteiger partial charge is 0.385 e. The Morgan fingerprint density at radius 2 is 1.38 bits per heavy atom. The number of nitrogens with zero attached hydrogens (tertiary/aromatic N) is 1. The van der Waals surface area contributed by atoms with Gasteiger partial charge in [0, 0.05) is 37.1 Å². The van der Waals surface area contributed by atoms with Gasteiger partial charge in [-0.25, -0.2) is 13.1 Å². The zero-order valence-corrected chi connectivity index (χ0v) is 21.8. The monoisotopic (exact) mass is 483 g/mol. The molecule has 5 nitrogen and oxygen atoms in total. The number of piperidine rings is 1. The van der Waals surface area contributed by atoms with Gasteiger partial charge in [0.25, 0.3) is 0 Å². The smallest absolute Gasteiger partial charge is 0.216 e. The fourth-order valence-electron chi connectivity index (χ4n) is 4.94. The van der Waals surface area contributed by atoms with Crippen molar-refractivity contribution < 1.29 is 8.42 Å². The van der Waals surface area contributed by atoms with Crippen molar-refractivity contribution in [2.75, 3.05) is 29.9 Å². The topological polar surface area (TPSA) is 61.4 Å². The van der Waals surface area contributed by atoms with Crippen LogP contribution in [0, 0.1) is 5.92 Å². The molecule has 1 aliphatic carbocycles. The van der Waals surface area contributed by atoms with Gasteiger partial charge in [0.15, 0.2) is 0 Å². The van der Waals surface area contributed by atoms with Crippen LogP contribution < -0.4 is 14.9 Å². The molecular formula is C28H41N3O2S. The lowest BCUT2D eigenvalue weighted by Crippen LogP contribution is -2.46. The Hall–Kier alpha value is -2.05. The van der Waals surface area contributed by atoms with Gasteiger partial charge in [0.2, 0.25) is 10.0 Å². The second kappa shape index (κ2) is 10.7. The number of rotatable bonds is 7. The van der Waals surface area contributed by atoms with Crippen molar-refractivity contribution in [3.8, 4) is 11.1 Å². The van der Waals surface area contributed by atoms with Gasteiger partial charge in [0.05, 0.1) is 4.75 Å². The molecular weight excluding hydrogens is 442 g/mol. The van der Waals surface area contributed by atoms with Gasteiger partial charge < -0.3 is 10.2 Å². The first-order valence-electron chi connectivity index (χ1n) is 12.9. The third-order valence-electron chi connectivity index (χ3n) is 7.38. The van der Waals surface area contributed by atoms with Gasteiger partial charge in [-0.2, -0.15) is 0 Å². The van der Waals surface area contributed by atoms with Gasteiger partial charge in [-0.1, -0.05) is 24.3 Å². The van der Waals surface area contributed by atoms with E-state index in [9.17, 15) is 8.42 Å². The fraction of sp³-hybridized carbons (Fsp3) is 0.571. The normalized spacial score (nSPS) is 21.9. The minimum absolute atomic E-state index is 0.0704. The molecule has 2 aromatic rings.